The van der Waals surface area contributed by atoms with Crippen LogP contribution in [0.4, 0.5) is 0 Å². The lowest BCUT2D eigenvalue weighted by molar-refractivity contribution is 1.67. The summed E-state index contributed by atoms with van der Waals surface area (Å²) < 4.78 is 0. The number of hydrogen-bond acceptors (Lipinski definition) is 0. The fraction of sp³-hybridized carbons (Fsp3) is 0. The maximum absolute atomic E-state index is 2.50. The molecule has 11 aromatic carbocycles. The SMILES string of the molecule is c1ccc2c(-c3c(-c4ccc5c6ccccc6c6c7ccccc7c7ccccc7c6c5c4)c4ccccc4c4ccccc34)cccc2c1. The Labute approximate surface area is 289 Å². The Balaban J connectivity index is 1.38. The molecule has 0 bridgehead atoms. The van der Waals surface area contributed by atoms with E-state index in [-0.39, 0.29) is 0 Å². The number of rotatable bonds is 2. The summed E-state index contributed by atoms with van der Waals surface area (Å²) in [6.45, 7) is 0. The van der Waals surface area contributed by atoms with E-state index in [0.717, 1.165) is 0 Å². The molecule has 0 aromatic heterocycles. The van der Waals surface area contributed by atoms with Crippen LogP contribution in [0.5, 0.6) is 0 Å². The van der Waals surface area contributed by atoms with Crippen molar-refractivity contribution >= 4 is 86.2 Å². The molecule has 0 fully saturated rings. The van der Waals surface area contributed by atoms with E-state index in [1.165, 1.54) is 108 Å². The van der Waals surface area contributed by atoms with Crippen molar-refractivity contribution in [1.82, 2.24) is 0 Å². The first kappa shape index (κ1) is 27.5. The molecule has 0 aliphatic rings. The second-order valence-corrected chi connectivity index (χ2v) is 13.5. The maximum atomic E-state index is 2.50. The normalized spacial score (nSPS) is 12.0. The van der Waals surface area contributed by atoms with Gasteiger partial charge in [-0.1, -0.05) is 176 Å². The van der Waals surface area contributed by atoms with Gasteiger partial charge in [0.15, 0.2) is 0 Å². The Bertz CT molecular complexity index is 3180. The molecule has 0 unspecified atom stereocenters. The molecule has 0 saturated carbocycles. The molecule has 50 heavy (non-hydrogen) atoms. The number of benzene rings is 11. The molecule has 0 N–H and O–H groups in total. The number of hydrogen-bond donors (Lipinski definition) is 0. The van der Waals surface area contributed by atoms with Crippen LogP contribution in [-0.4, -0.2) is 0 Å². The minimum Gasteiger partial charge on any atom is -0.0616 e. The molecule has 0 saturated heterocycles. The van der Waals surface area contributed by atoms with Crippen molar-refractivity contribution in [2.75, 3.05) is 0 Å². The van der Waals surface area contributed by atoms with Gasteiger partial charge in [0.25, 0.3) is 0 Å². The van der Waals surface area contributed by atoms with Gasteiger partial charge in [-0.2, -0.15) is 0 Å². The quantitative estimate of drug-likeness (QED) is 0.167. The monoisotopic (exact) mass is 630 g/mol. The molecule has 0 radical (unpaired) electrons. The third-order valence-corrected chi connectivity index (χ3v) is 11.0. The Morgan fingerprint density at radius 1 is 0.220 bits per heavy atom. The Kier molecular flexibility index (Phi) is 5.76. The first-order valence-corrected chi connectivity index (χ1v) is 17.4. The third kappa shape index (κ3) is 3.76. The van der Waals surface area contributed by atoms with Crippen LogP contribution in [0.15, 0.2) is 182 Å². The molecule has 11 aromatic rings. The van der Waals surface area contributed by atoms with Crippen molar-refractivity contribution in [3.8, 4) is 22.3 Å². The van der Waals surface area contributed by atoms with E-state index in [2.05, 4.69) is 182 Å². The zero-order valence-corrected chi connectivity index (χ0v) is 27.3. The molecule has 0 amide bonds. The van der Waals surface area contributed by atoms with E-state index < -0.39 is 0 Å². The molecular formula is C50H30. The zero-order chi connectivity index (χ0) is 32.8. The minimum atomic E-state index is 1.23. The lowest BCUT2D eigenvalue weighted by atomic mass is 9.82. The van der Waals surface area contributed by atoms with E-state index in [1.807, 2.05) is 0 Å². The molecular weight excluding hydrogens is 601 g/mol. The highest BCUT2D eigenvalue weighted by atomic mass is 14.2. The van der Waals surface area contributed by atoms with Gasteiger partial charge in [0.2, 0.25) is 0 Å². The fourth-order valence-corrected chi connectivity index (χ4v) is 8.94. The van der Waals surface area contributed by atoms with Crippen molar-refractivity contribution in [2.45, 2.75) is 0 Å². The first-order valence-electron chi connectivity index (χ1n) is 17.4. The van der Waals surface area contributed by atoms with Crippen LogP contribution in [0.3, 0.4) is 0 Å². The van der Waals surface area contributed by atoms with Gasteiger partial charge in [0.05, 0.1) is 0 Å². The number of fused-ring (bicyclic) bond motifs is 15. The molecule has 230 valence electrons. The molecule has 0 atom stereocenters. The van der Waals surface area contributed by atoms with E-state index >= 15 is 0 Å². The highest BCUT2D eigenvalue weighted by Crippen LogP contribution is 2.49. The minimum absolute atomic E-state index is 1.23. The molecule has 0 aliphatic carbocycles. The summed E-state index contributed by atoms with van der Waals surface area (Å²) in [4.78, 5) is 0. The predicted molar refractivity (Wildman–Crippen MR) is 217 cm³/mol. The van der Waals surface area contributed by atoms with Crippen molar-refractivity contribution < 1.29 is 0 Å². The van der Waals surface area contributed by atoms with Gasteiger partial charge >= 0.3 is 0 Å². The second-order valence-electron chi connectivity index (χ2n) is 13.5. The van der Waals surface area contributed by atoms with Crippen LogP contribution in [0, 0.1) is 0 Å². The summed E-state index contributed by atoms with van der Waals surface area (Å²) in [6, 6.07) is 67.6. The predicted octanol–water partition coefficient (Wildman–Crippen LogP) is 14.2. The molecule has 0 heteroatoms. The van der Waals surface area contributed by atoms with Crippen LogP contribution >= 0.6 is 0 Å². The van der Waals surface area contributed by atoms with Crippen LogP contribution in [0.1, 0.15) is 0 Å². The fourth-order valence-electron chi connectivity index (χ4n) is 8.94. The third-order valence-electron chi connectivity index (χ3n) is 11.0. The highest BCUT2D eigenvalue weighted by Gasteiger charge is 2.21. The van der Waals surface area contributed by atoms with E-state index in [0.29, 0.717) is 0 Å². The standard InChI is InChI=1S/C50H30/c1-2-16-33-31(14-1)15-13-27-40(33)48-42-23-9-4-18-35(42)34-17-3-8-22-41(34)47(48)32-28-29-39-38-21-7-11-25-44(38)49-43-24-10-5-19-36(43)37-20-6-12-26-45(37)50(49)46(39)30-32/h1-30H. The smallest absolute Gasteiger partial charge is 0.00137 e. The zero-order valence-electron chi connectivity index (χ0n) is 27.3. The van der Waals surface area contributed by atoms with Gasteiger partial charge in [-0.15, -0.1) is 0 Å². The Morgan fingerprint density at radius 3 is 1.16 bits per heavy atom. The van der Waals surface area contributed by atoms with Gasteiger partial charge in [-0.25, -0.2) is 0 Å². The first-order chi connectivity index (χ1) is 24.8. The van der Waals surface area contributed by atoms with Crippen LogP contribution < -0.4 is 0 Å². The van der Waals surface area contributed by atoms with E-state index in [1.54, 1.807) is 0 Å². The van der Waals surface area contributed by atoms with Gasteiger partial charge < -0.3 is 0 Å². The molecule has 0 heterocycles. The van der Waals surface area contributed by atoms with Crippen molar-refractivity contribution in [3.05, 3.63) is 182 Å². The van der Waals surface area contributed by atoms with Crippen molar-refractivity contribution in [3.63, 3.8) is 0 Å². The Morgan fingerprint density at radius 2 is 0.600 bits per heavy atom. The summed E-state index contributed by atoms with van der Waals surface area (Å²) in [5.41, 5.74) is 5.07. The summed E-state index contributed by atoms with van der Waals surface area (Å²) in [6.07, 6.45) is 0. The van der Waals surface area contributed by atoms with E-state index in [9.17, 15) is 0 Å². The summed E-state index contributed by atoms with van der Waals surface area (Å²) in [7, 11) is 0. The Hall–Kier alpha value is -6.50. The lowest BCUT2D eigenvalue weighted by Crippen LogP contribution is -1.93. The average molecular weight is 631 g/mol. The topological polar surface area (TPSA) is 0 Å². The van der Waals surface area contributed by atoms with Gasteiger partial charge in [0, 0.05) is 0 Å². The summed E-state index contributed by atoms with van der Waals surface area (Å²) >= 11 is 0. The van der Waals surface area contributed by atoms with Crippen molar-refractivity contribution in [2.24, 2.45) is 0 Å². The second kappa shape index (κ2) is 10.5. The van der Waals surface area contributed by atoms with E-state index in [4.69, 9.17) is 0 Å². The average Bonchev–Trinajstić information content (AvgIpc) is 3.20. The largest absolute Gasteiger partial charge is 0.0616 e. The molecule has 0 spiro atoms. The molecule has 0 nitrogen and oxygen atoms in total. The van der Waals surface area contributed by atoms with Gasteiger partial charge in [0.1, 0.15) is 0 Å². The summed E-state index contributed by atoms with van der Waals surface area (Å²) in [5.74, 6) is 0. The van der Waals surface area contributed by atoms with Crippen LogP contribution in [0.25, 0.3) is 108 Å². The molecule has 11 rings (SSSR count). The van der Waals surface area contributed by atoms with Gasteiger partial charge in [-0.05, 0) is 114 Å². The van der Waals surface area contributed by atoms with Crippen LogP contribution in [0.2, 0.25) is 0 Å². The van der Waals surface area contributed by atoms with Crippen molar-refractivity contribution in [1.29, 1.82) is 0 Å². The summed E-state index contributed by atoms with van der Waals surface area (Å²) in [5, 5.41) is 20.7. The lowest BCUT2D eigenvalue weighted by Gasteiger charge is -2.21. The molecule has 0 aliphatic heterocycles. The van der Waals surface area contributed by atoms with Gasteiger partial charge in [-0.3, -0.25) is 0 Å². The highest BCUT2D eigenvalue weighted by molar-refractivity contribution is 6.40. The van der Waals surface area contributed by atoms with Crippen LogP contribution in [-0.2, 0) is 0 Å². The maximum Gasteiger partial charge on any atom is -0.00137 e.